The number of ketones is 1. The molecule has 1 aliphatic carbocycles. The second-order valence-electron chi connectivity index (χ2n) is 4.65. The molecule has 0 amide bonds. The summed E-state index contributed by atoms with van der Waals surface area (Å²) in [6.07, 6.45) is 6.79. The smallest absolute Gasteiger partial charge is 0.209 e. The van der Waals surface area contributed by atoms with E-state index in [1.165, 1.54) is 0 Å². The average molecular weight is 231 g/mol. The van der Waals surface area contributed by atoms with Crippen molar-refractivity contribution in [2.24, 2.45) is 0 Å². The Morgan fingerprint density at radius 2 is 1.71 bits per heavy atom. The van der Waals surface area contributed by atoms with Crippen molar-refractivity contribution >= 4 is 5.78 Å². The molecule has 0 fully saturated rings. The molecule has 91 valence electrons. The molecule has 3 nitrogen and oxygen atoms in total. The van der Waals surface area contributed by atoms with E-state index in [-0.39, 0.29) is 11.2 Å². The predicted molar refractivity (Wildman–Crippen MR) is 68.8 cm³/mol. The van der Waals surface area contributed by atoms with Crippen LogP contribution in [-0.2, 0) is 5.41 Å². The van der Waals surface area contributed by atoms with Crippen LogP contribution in [0.1, 0.15) is 50.8 Å². The zero-order chi connectivity index (χ0) is 13.1. The summed E-state index contributed by atoms with van der Waals surface area (Å²) in [6, 6.07) is 0. The van der Waals surface area contributed by atoms with Crippen molar-refractivity contribution in [2.45, 2.75) is 40.0 Å². The summed E-state index contributed by atoms with van der Waals surface area (Å²) >= 11 is 0. The van der Waals surface area contributed by atoms with E-state index >= 15 is 0 Å². The number of rotatable bonds is 2. The molecule has 0 atom stereocenters. The van der Waals surface area contributed by atoms with Gasteiger partial charge in [-0.3, -0.25) is 9.78 Å². The van der Waals surface area contributed by atoms with Gasteiger partial charge in [0.2, 0.25) is 5.78 Å². The number of hydrogen-bond donors (Lipinski definition) is 0. The quantitative estimate of drug-likeness (QED) is 0.734. The van der Waals surface area contributed by atoms with Crippen LogP contribution in [0.25, 0.3) is 0 Å². The van der Waals surface area contributed by atoms with Gasteiger partial charge in [-0.05, 0) is 0 Å². The normalized spacial score (nSPS) is 13.4. The maximum Gasteiger partial charge on any atom is 0.209 e. The van der Waals surface area contributed by atoms with Crippen molar-refractivity contribution in [2.75, 3.05) is 0 Å². The molecule has 0 saturated heterocycles. The molecule has 1 aliphatic rings. The van der Waals surface area contributed by atoms with Gasteiger partial charge >= 0.3 is 0 Å². The molecule has 0 unspecified atom stereocenters. The van der Waals surface area contributed by atoms with Gasteiger partial charge in [0.15, 0.2) is 0 Å². The van der Waals surface area contributed by atoms with Crippen LogP contribution < -0.4 is 0 Å². The van der Waals surface area contributed by atoms with Crippen molar-refractivity contribution in [1.29, 1.82) is 0 Å². The van der Waals surface area contributed by atoms with E-state index in [2.05, 4.69) is 30.7 Å². The van der Waals surface area contributed by atoms with E-state index in [1.807, 2.05) is 13.8 Å². The summed E-state index contributed by atoms with van der Waals surface area (Å²) in [6.45, 7) is 10.2. The van der Waals surface area contributed by atoms with Crippen LogP contribution in [0, 0.1) is 6.42 Å². The van der Waals surface area contributed by atoms with Crippen molar-refractivity contribution in [3.8, 4) is 0 Å². The molecular weight excluding hydrogens is 212 g/mol. The average Bonchev–Trinajstić information content (AvgIpc) is 3.14. The molecule has 1 aromatic heterocycles. The lowest BCUT2D eigenvalue weighted by Gasteiger charge is -2.16. The zero-order valence-electron chi connectivity index (χ0n) is 11.1. The Labute approximate surface area is 103 Å². The Bertz CT molecular complexity index is 425. The van der Waals surface area contributed by atoms with Crippen LogP contribution in [0.3, 0.4) is 0 Å². The highest BCUT2D eigenvalue weighted by molar-refractivity contribution is 6.12. The van der Waals surface area contributed by atoms with Gasteiger partial charge in [-0.15, -0.1) is 0 Å². The molecule has 1 aromatic rings. The van der Waals surface area contributed by atoms with Gasteiger partial charge in [0, 0.05) is 23.6 Å². The molecule has 0 aliphatic heterocycles. The van der Waals surface area contributed by atoms with Crippen molar-refractivity contribution in [3.05, 3.63) is 41.9 Å². The van der Waals surface area contributed by atoms with E-state index in [4.69, 9.17) is 0 Å². The van der Waals surface area contributed by atoms with Crippen molar-refractivity contribution < 1.29 is 4.79 Å². The van der Waals surface area contributed by atoms with Gasteiger partial charge in [-0.1, -0.05) is 40.7 Å². The fourth-order valence-electron chi connectivity index (χ4n) is 1.17. The molecule has 0 N–H and O–H groups in total. The Balaban J connectivity index is 0.000000686. The van der Waals surface area contributed by atoms with E-state index in [0.717, 1.165) is 11.3 Å². The topological polar surface area (TPSA) is 42.9 Å². The summed E-state index contributed by atoms with van der Waals surface area (Å²) in [5.74, 6) is -0.0389. The minimum atomic E-state index is -0.0389. The summed E-state index contributed by atoms with van der Waals surface area (Å²) in [7, 11) is 0. The fourth-order valence-corrected chi connectivity index (χ4v) is 1.17. The third-order valence-corrected chi connectivity index (χ3v) is 2.25. The Hall–Kier alpha value is -1.51. The molecule has 1 radical (unpaired) electrons. The van der Waals surface area contributed by atoms with E-state index in [0.29, 0.717) is 5.69 Å². The fraction of sp³-hybridized carbons (Fsp3) is 0.429. The molecule has 0 spiro atoms. The third kappa shape index (κ3) is 3.48. The molecule has 0 aromatic carbocycles. The summed E-state index contributed by atoms with van der Waals surface area (Å²) in [5.41, 5.74) is 2.02. The van der Waals surface area contributed by atoms with Crippen molar-refractivity contribution in [3.63, 3.8) is 0 Å². The molecule has 1 heterocycles. The summed E-state index contributed by atoms with van der Waals surface area (Å²) in [5, 5.41) is 0. The number of allylic oxidation sites excluding steroid dienone is 2. The van der Waals surface area contributed by atoms with Crippen molar-refractivity contribution in [1.82, 2.24) is 9.97 Å². The van der Waals surface area contributed by atoms with Crippen LogP contribution in [0.2, 0.25) is 0 Å². The van der Waals surface area contributed by atoms with Crippen LogP contribution in [0.15, 0.2) is 24.0 Å². The largest absolute Gasteiger partial charge is 0.287 e. The first-order chi connectivity index (χ1) is 7.98. The Morgan fingerprint density at radius 1 is 1.12 bits per heavy atom. The molecule has 0 saturated carbocycles. The lowest BCUT2D eigenvalue weighted by atomic mass is 9.93. The molecule has 17 heavy (non-hydrogen) atoms. The van der Waals surface area contributed by atoms with Crippen LogP contribution in [-0.4, -0.2) is 15.8 Å². The SMILES string of the molecule is CC.CC(C)(C)c1cnc(C(=O)C2=C[CH]2)cn1. The number of aromatic nitrogens is 2. The second-order valence-corrected chi connectivity index (χ2v) is 4.65. The Kier molecular flexibility index (Phi) is 4.16. The summed E-state index contributed by atoms with van der Waals surface area (Å²) < 4.78 is 0. The van der Waals surface area contributed by atoms with Crippen LogP contribution >= 0.6 is 0 Å². The molecular formula is C14H19N2O. The Morgan fingerprint density at radius 3 is 2.06 bits per heavy atom. The number of carbonyl (C=O) groups is 1. The van der Waals surface area contributed by atoms with Crippen LogP contribution in [0.5, 0.6) is 0 Å². The highest BCUT2D eigenvalue weighted by Crippen LogP contribution is 2.22. The van der Waals surface area contributed by atoms with E-state index in [1.54, 1.807) is 24.9 Å². The van der Waals surface area contributed by atoms with Gasteiger partial charge in [-0.25, -0.2) is 4.98 Å². The number of nitrogens with zero attached hydrogens (tertiary/aromatic N) is 2. The van der Waals surface area contributed by atoms with E-state index < -0.39 is 0 Å². The highest BCUT2D eigenvalue weighted by atomic mass is 16.1. The number of carbonyl (C=O) groups excluding carboxylic acids is 1. The second kappa shape index (κ2) is 5.21. The predicted octanol–water partition coefficient (Wildman–Crippen LogP) is 3.13. The minimum absolute atomic E-state index is 0.0282. The van der Waals surface area contributed by atoms with Gasteiger partial charge < -0.3 is 0 Å². The lowest BCUT2D eigenvalue weighted by Crippen LogP contribution is -2.15. The van der Waals surface area contributed by atoms with E-state index in [9.17, 15) is 4.79 Å². The molecule has 2 rings (SSSR count). The maximum atomic E-state index is 11.6. The van der Waals surface area contributed by atoms with Gasteiger partial charge in [0.05, 0.1) is 11.9 Å². The minimum Gasteiger partial charge on any atom is -0.287 e. The maximum absolute atomic E-state index is 11.6. The third-order valence-electron chi connectivity index (χ3n) is 2.25. The lowest BCUT2D eigenvalue weighted by molar-refractivity contribution is 0.103. The highest BCUT2D eigenvalue weighted by Gasteiger charge is 2.22. The summed E-state index contributed by atoms with van der Waals surface area (Å²) in [4.78, 5) is 20.0. The number of hydrogen-bond acceptors (Lipinski definition) is 3. The standard InChI is InChI=1S/C12H13N2O.C2H6/c1-12(2,3)10-7-13-9(6-14-10)11(15)8-4-5-8;1-2/h4-7H,1-3H3;1-2H3. The first-order valence-electron chi connectivity index (χ1n) is 5.91. The molecule has 3 heteroatoms. The van der Waals surface area contributed by atoms with Crippen LogP contribution in [0.4, 0.5) is 0 Å². The first-order valence-corrected chi connectivity index (χ1v) is 5.91. The van der Waals surface area contributed by atoms with Gasteiger partial charge in [-0.2, -0.15) is 0 Å². The van der Waals surface area contributed by atoms with Gasteiger partial charge in [0.1, 0.15) is 5.69 Å². The first kappa shape index (κ1) is 13.6. The zero-order valence-corrected chi connectivity index (χ0v) is 11.1. The number of Topliss-reactive ketones (excluding diaryl/α,β-unsaturated/α-hetero) is 1. The monoisotopic (exact) mass is 231 g/mol. The molecule has 0 bridgehead atoms. The van der Waals surface area contributed by atoms with Gasteiger partial charge in [0.25, 0.3) is 0 Å².